The number of aromatic nitrogens is 2. The second kappa shape index (κ2) is 7.96. The van der Waals surface area contributed by atoms with Crippen molar-refractivity contribution in [3.8, 4) is 10.7 Å². The van der Waals surface area contributed by atoms with Crippen molar-refractivity contribution in [2.75, 3.05) is 18.5 Å². The zero-order chi connectivity index (χ0) is 16.9. The SMILES string of the molecule is CCP(CC)CCc1ccnc(-c2nc(=O)c3ccccc3s2)c1. The molecule has 1 aromatic carbocycles. The van der Waals surface area contributed by atoms with E-state index in [2.05, 4.69) is 35.9 Å². The van der Waals surface area contributed by atoms with Gasteiger partial charge in [-0.25, -0.2) is 0 Å². The lowest BCUT2D eigenvalue weighted by Crippen LogP contribution is -2.06. The van der Waals surface area contributed by atoms with Gasteiger partial charge in [0.2, 0.25) is 0 Å². The van der Waals surface area contributed by atoms with Crippen LogP contribution in [0.5, 0.6) is 0 Å². The monoisotopic (exact) mass is 356 g/mol. The highest BCUT2D eigenvalue weighted by Gasteiger charge is 2.09. The van der Waals surface area contributed by atoms with Crippen LogP contribution < -0.4 is 5.56 Å². The minimum Gasteiger partial charge on any atom is -0.267 e. The van der Waals surface area contributed by atoms with E-state index >= 15 is 0 Å². The molecule has 5 heteroatoms. The molecule has 0 spiro atoms. The van der Waals surface area contributed by atoms with Crippen molar-refractivity contribution in [3.63, 3.8) is 0 Å². The number of hydrogen-bond donors (Lipinski definition) is 0. The third kappa shape index (κ3) is 3.88. The molecule has 0 atom stereocenters. The van der Waals surface area contributed by atoms with E-state index in [1.165, 1.54) is 35.4 Å². The number of benzene rings is 1. The molecule has 0 radical (unpaired) electrons. The zero-order valence-electron chi connectivity index (χ0n) is 14.0. The Balaban J connectivity index is 1.90. The van der Waals surface area contributed by atoms with Crippen LogP contribution in [0.15, 0.2) is 47.4 Å². The van der Waals surface area contributed by atoms with Crippen LogP contribution in [-0.4, -0.2) is 28.5 Å². The molecule has 2 aromatic heterocycles. The van der Waals surface area contributed by atoms with Crippen LogP contribution in [0.25, 0.3) is 20.8 Å². The number of rotatable bonds is 6. The molecule has 0 amide bonds. The van der Waals surface area contributed by atoms with E-state index in [1.807, 2.05) is 30.5 Å². The van der Waals surface area contributed by atoms with Crippen molar-refractivity contribution < 1.29 is 0 Å². The van der Waals surface area contributed by atoms with Crippen LogP contribution in [0.4, 0.5) is 0 Å². The molecule has 0 fully saturated rings. The van der Waals surface area contributed by atoms with Gasteiger partial charge in [0.15, 0.2) is 0 Å². The highest BCUT2D eigenvalue weighted by Crippen LogP contribution is 2.35. The normalized spacial score (nSPS) is 11.3. The second-order valence-corrected chi connectivity index (χ2v) is 9.73. The Labute approximate surface area is 147 Å². The maximum absolute atomic E-state index is 12.2. The first-order valence-corrected chi connectivity index (χ1v) is 11.0. The lowest BCUT2D eigenvalue weighted by Gasteiger charge is -2.13. The van der Waals surface area contributed by atoms with Gasteiger partial charge < -0.3 is 0 Å². The number of hydrogen-bond acceptors (Lipinski definition) is 4. The summed E-state index contributed by atoms with van der Waals surface area (Å²) in [5, 5.41) is 1.38. The Morgan fingerprint density at radius 2 is 1.92 bits per heavy atom. The van der Waals surface area contributed by atoms with E-state index < -0.39 is 0 Å². The molecule has 3 rings (SSSR count). The summed E-state index contributed by atoms with van der Waals surface area (Å²) in [6.07, 6.45) is 6.74. The molecule has 3 aromatic rings. The molecule has 24 heavy (non-hydrogen) atoms. The summed E-state index contributed by atoms with van der Waals surface area (Å²) in [5.41, 5.74) is 1.91. The van der Waals surface area contributed by atoms with Crippen LogP contribution in [0.3, 0.4) is 0 Å². The predicted octanol–water partition coefficient (Wildman–Crippen LogP) is 4.78. The third-order valence-electron chi connectivity index (χ3n) is 4.18. The van der Waals surface area contributed by atoms with Crippen LogP contribution in [-0.2, 0) is 6.42 Å². The van der Waals surface area contributed by atoms with Crippen LogP contribution in [0, 0.1) is 0 Å². The standard InChI is InChI=1S/C19H21N2OPS/c1-3-23(4-2)12-10-14-9-11-20-16(13-14)19-21-18(22)15-7-5-6-8-17(15)24-19/h5-9,11,13H,3-4,10,12H2,1-2H3. The van der Waals surface area contributed by atoms with E-state index in [-0.39, 0.29) is 13.5 Å². The predicted molar refractivity (Wildman–Crippen MR) is 106 cm³/mol. The lowest BCUT2D eigenvalue weighted by molar-refractivity contribution is 1.11. The van der Waals surface area contributed by atoms with Gasteiger partial charge in [0, 0.05) is 10.9 Å². The molecular formula is C19H21N2OPS. The molecule has 0 unspecified atom stereocenters. The van der Waals surface area contributed by atoms with Crippen LogP contribution in [0.1, 0.15) is 19.4 Å². The first kappa shape index (κ1) is 17.2. The summed E-state index contributed by atoms with van der Waals surface area (Å²) in [6, 6.07) is 11.8. The zero-order valence-corrected chi connectivity index (χ0v) is 15.7. The fraction of sp³-hybridized carbons (Fsp3) is 0.316. The highest BCUT2D eigenvalue weighted by molar-refractivity contribution is 7.57. The van der Waals surface area contributed by atoms with Gasteiger partial charge in [0.1, 0.15) is 5.01 Å². The Morgan fingerprint density at radius 3 is 2.71 bits per heavy atom. The summed E-state index contributed by atoms with van der Waals surface area (Å²) in [6.45, 7) is 4.56. The Morgan fingerprint density at radius 1 is 1.12 bits per heavy atom. The topological polar surface area (TPSA) is 42.9 Å². The van der Waals surface area contributed by atoms with Crippen molar-refractivity contribution in [1.82, 2.24) is 9.97 Å². The summed E-state index contributed by atoms with van der Waals surface area (Å²) in [5.74, 6) is 0. The van der Waals surface area contributed by atoms with Crippen molar-refractivity contribution in [3.05, 3.63) is 58.5 Å². The minimum absolute atomic E-state index is 0.144. The molecule has 0 saturated heterocycles. The van der Waals surface area contributed by atoms with Gasteiger partial charge in [-0.2, -0.15) is 4.98 Å². The molecular weight excluding hydrogens is 335 g/mol. The largest absolute Gasteiger partial charge is 0.279 e. The Kier molecular flexibility index (Phi) is 5.70. The molecule has 0 aliphatic carbocycles. The van der Waals surface area contributed by atoms with Crippen LogP contribution in [0.2, 0.25) is 0 Å². The minimum atomic E-state index is -0.174. The maximum atomic E-state index is 12.2. The van der Waals surface area contributed by atoms with Gasteiger partial charge >= 0.3 is 0 Å². The molecule has 3 nitrogen and oxygen atoms in total. The number of aryl methyl sites for hydroxylation is 1. The van der Waals surface area contributed by atoms with Crippen molar-refractivity contribution in [2.45, 2.75) is 20.3 Å². The van der Waals surface area contributed by atoms with E-state index in [0.29, 0.717) is 10.4 Å². The van der Waals surface area contributed by atoms with Crippen LogP contribution >= 0.6 is 19.3 Å². The molecule has 124 valence electrons. The van der Waals surface area contributed by atoms with Crippen molar-refractivity contribution in [1.29, 1.82) is 0 Å². The van der Waals surface area contributed by atoms with Gasteiger partial charge in [-0.3, -0.25) is 9.78 Å². The molecule has 0 aliphatic rings. The Bertz CT molecular complexity index is 890. The number of fused-ring (bicyclic) bond motifs is 1. The molecule has 0 saturated carbocycles. The smallest absolute Gasteiger partial charge is 0.267 e. The Hall–Kier alpha value is -1.64. The lowest BCUT2D eigenvalue weighted by atomic mass is 10.2. The van der Waals surface area contributed by atoms with Crippen molar-refractivity contribution >= 4 is 29.3 Å². The van der Waals surface area contributed by atoms with Gasteiger partial charge in [0.05, 0.1) is 11.1 Å². The fourth-order valence-electron chi connectivity index (χ4n) is 2.70. The molecule has 0 aliphatic heterocycles. The average molecular weight is 356 g/mol. The van der Waals surface area contributed by atoms with Gasteiger partial charge in [-0.15, -0.1) is 19.3 Å². The fourth-order valence-corrected chi connectivity index (χ4v) is 5.31. The number of nitrogens with zero attached hydrogens (tertiary/aromatic N) is 2. The van der Waals surface area contributed by atoms with Gasteiger partial charge in [-0.1, -0.05) is 26.0 Å². The maximum Gasteiger partial charge on any atom is 0.279 e. The van der Waals surface area contributed by atoms with E-state index in [9.17, 15) is 4.79 Å². The highest BCUT2D eigenvalue weighted by atomic mass is 32.1. The second-order valence-electron chi connectivity index (χ2n) is 5.65. The van der Waals surface area contributed by atoms with Crippen molar-refractivity contribution in [2.24, 2.45) is 0 Å². The van der Waals surface area contributed by atoms with E-state index in [0.717, 1.165) is 16.8 Å². The van der Waals surface area contributed by atoms with E-state index in [1.54, 1.807) is 0 Å². The third-order valence-corrected chi connectivity index (χ3v) is 7.90. The number of pyridine rings is 1. The summed E-state index contributed by atoms with van der Waals surface area (Å²) in [4.78, 5) is 20.9. The van der Waals surface area contributed by atoms with Gasteiger partial charge in [-0.05, 0) is 54.7 Å². The van der Waals surface area contributed by atoms with Gasteiger partial charge in [0.25, 0.3) is 5.56 Å². The quantitative estimate of drug-likeness (QED) is 0.597. The first-order valence-electron chi connectivity index (χ1n) is 8.28. The molecule has 2 heterocycles. The van der Waals surface area contributed by atoms with E-state index in [4.69, 9.17) is 0 Å². The summed E-state index contributed by atoms with van der Waals surface area (Å²) in [7, 11) is 0.144. The summed E-state index contributed by atoms with van der Waals surface area (Å²) < 4.78 is 0.959. The summed E-state index contributed by atoms with van der Waals surface area (Å²) >= 11 is 1.53. The molecule has 0 N–H and O–H groups in total. The average Bonchev–Trinajstić information content (AvgIpc) is 2.63. The molecule has 0 bridgehead atoms. The first-order chi connectivity index (χ1) is 11.7.